The molecule has 0 aliphatic rings. The minimum Gasteiger partial charge on any atom is -0.329 e. The van der Waals surface area contributed by atoms with Crippen molar-refractivity contribution in [1.29, 1.82) is 0 Å². The smallest absolute Gasteiger partial charge is 0.0561 e. The highest BCUT2D eigenvalue weighted by Crippen LogP contribution is 2.41. The van der Waals surface area contributed by atoms with Gasteiger partial charge in [0, 0.05) is 26.2 Å². The molecule has 18 heavy (non-hydrogen) atoms. The lowest BCUT2D eigenvalue weighted by Gasteiger charge is -2.13. The quantitative estimate of drug-likeness (QED) is 0.788. The molecule has 0 fully saturated rings. The third-order valence-corrected chi connectivity index (χ3v) is 5.72. The van der Waals surface area contributed by atoms with E-state index in [1.54, 1.807) is 29.2 Å². The number of rotatable bonds is 4. The lowest BCUT2D eigenvalue weighted by atomic mass is 10.3. The minimum absolute atomic E-state index is 0.222. The molecular weight excluding hydrogens is 305 g/mol. The van der Waals surface area contributed by atoms with Gasteiger partial charge in [-0.1, -0.05) is 23.2 Å². The van der Waals surface area contributed by atoms with Crippen LogP contribution in [0.5, 0.6) is 0 Å². The molecule has 0 bridgehead atoms. The van der Waals surface area contributed by atoms with Crippen LogP contribution in [0.1, 0.15) is 15.0 Å². The molecule has 2 N–H and O–H groups in total. The van der Waals surface area contributed by atoms with E-state index < -0.39 is 0 Å². The maximum Gasteiger partial charge on any atom is 0.0561 e. The Hall–Kier alpha value is -0.190. The number of benzene rings is 1. The molecule has 1 aromatic carbocycles. The third kappa shape index (κ3) is 3.43. The Morgan fingerprint density at radius 2 is 2.06 bits per heavy atom. The van der Waals surface area contributed by atoms with E-state index >= 15 is 0 Å². The van der Waals surface area contributed by atoms with Gasteiger partial charge in [0.15, 0.2) is 0 Å². The molecule has 0 aliphatic carbocycles. The zero-order valence-corrected chi connectivity index (χ0v) is 13.0. The lowest BCUT2D eigenvalue weighted by Crippen LogP contribution is -2.07. The largest absolute Gasteiger partial charge is 0.329 e. The fraction of sp³-hybridized carbons (Fsp3) is 0.231. The van der Waals surface area contributed by atoms with Crippen LogP contribution in [0.3, 0.4) is 0 Å². The summed E-state index contributed by atoms with van der Waals surface area (Å²) in [5.41, 5.74) is 5.86. The van der Waals surface area contributed by atoms with Crippen molar-refractivity contribution < 1.29 is 0 Å². The Balaban J connectivity index is 2.22. The summed E-state index contributed by atoms with van der Waals surface area (Å²) < 4.78 is 0. The molecule has 0 saturated heterocycles. The maximum absolute atomic E-state index is 6.17. The van der Waals surface area contributed by atoms with E-state index in [1.807, 2.05) is 12.1 Å². The van der Waals surface area contributed by atoms with Gasteiger partial charge in [0.05, 0.1) is 10.3 Å². The standard InChI is InChI=1S/C13H13Cl2NS2/c1-8-2-5-11(17-8)13(7-16)18-12-6-9(14)3-4-10(12)15/h2-6,13H,7,16H2,1H3. The van der Waals surface area contributed by atoms with Crippen molar-refractivity contribution in [3.05, 3.63) is 50.1 Å². The van der Waals surface area contributed by atoms with Crippen LogP contribution in [-0.2, 0) is 0 Å². The van der Waals surface area contributed by atoms with E-state index in [0.717, 1.165) is 9.92 Å². The molecule has 0 amide bonds. The lowest BCUT2D eigenvalue weighted by molar-refractivity contribution is 0.960. The molecular formula is C13H13Cl2NS2. The van der Waals surface area contributed by atoms with Crippen molar-refractivity contribution >= 4 is 46.3 Å². The SMILES string of the molecule is Cc1ccc(C(CN)Sc2cc(Cl)ccc2Cl)s1. The van der Waals surface area contributed by atoms with E-state index in [2.05, 4.69) is 19.1 Å². The zero-order valence-electron chi connectivity index (χ0n) is 9.82. The topological polar surface area (TPSA) is 26.0 Å². The number of hydrogen-bond acceptors (Lipinski definition) is 3. The molecule has 1 heterocycles. The van der Waals surface area contributed by atoms with Gasteiger partial charge in [0.1, 0.15) is 0 Å². The monoisotopic (exact) mass is 317 g/mol. The van der Waals surface area contributed by atoms with E-state index in [4.69, 9.17) is 28.9 Å². The third-order valence-electron chi connectivity index (χ3n) is 2.46. The normalized spacial score (nSPS) is 12.7. The van der Waals surface area contributed by atoms with Crippen LogP contribution in [0.25, 0.3) is 0 Å². The van der Waals surface area contributed by atoms with Crippen molar-refractivity contribution in [2.75, 3.05) is 6.54 Å². The molecule has 2 rings (SSSR count). The van der Waals surface area contributed by atoms with Crippen molar-refractivity contribution in [3.8, 4) is 0 Å². The fourth-order valence-corrected chi connectivity index (χ4v) is 4.19. The van der Waals surface area contributed by atoms with Crippen molar-refractivity contribution in [2.45, 2.75) is 17.1 Å². The van der Waals surface area contributed by atoms with Crippen molar-refractivity contribution in [2.24, 2.45) is 5.73 Å². The molecule has 96 valence electrons. The van der Waals surface area contributed by atoms with E-state index in [0.29, 0.717) is 11.6 Å². The first-order valence-electron chi connectivity index (χ1n) is 5.48. The van der Waals surface area contributed by atoms with Crippen LogP contribution in [0.4, 0.5) is 0 Å². The predicted octanol–water partition coefficient (Wildman–Crippen LogP) is 5.16. The summed E-state index contributed by atoms with van der Waals surface area (Å²) in [5, 5.41) is 1.64. The second-order valence-electron chi connectivity index (χ2n) is 3.87. The van der Waals surface area contributed by atoms with Crippen LogP contribution in [0, 0.1) is 6.92 Å². The average molecular weight is 318 g/mol. The summed E-state index contributed by atoms with van der Waals surface area (Å²) in [5.74, 6) is 0. The highest BCUT2D eigenvalue weighted by atomic mass is 35.5. The summed E-state index contributed by atoms with van der Waals surface area (Å²) in [4.78, 5) is 3.54. The molecule has 1 atom stereocenters. The number of thioether (sulfide) groups is 1. The average Bonchev–Trinajstić information content (AvgIpc) is 2.77. The second kappa shape index (κ2) is 6.31. The van der Waals surface area contributed by atoms with Crippen molar-refractivity contribution in [3.63, 3.8) is 0 Å². The van der Waals surface area contributed by atoms with Crippen LogP contribution in [-0.4, -0.2) is 6.54 Å². The first-order valence-corrected chi connectivity index (χ1v) is 7.93. The highest BCUT2D eigenvalue weighted by Gasteiger charge is 2.15. The zero-order chi connectivity index (χ0) is 13.1. The van der Waals surface area contributed by atoms with Gasteiger partial charge < -0.3 is 5.73 Å². The Morgan fingerprint density at radius 3 is 2.67 bits per heavy atom. The number of thiophene rings is 1. The first-order chi connectivity index (χ1) is 8.60. The van der Waals surface area contributed by atoms with Crippen molar-refractivity contribution in [1.82, 2.24) is 0 Å². The number of nitrogens with two attached hydrogens (primary N) is 1. The molecule has 1 unspecified atom stereocenters. The molecule has 0 spiro atoms. The Labute approximate surface area is 125 Å². The van der Waals surface area contributed by atoms with Gasteiger partial charge in [-0.15, -0.1) is 23.1 Å². The molecule has 5 heteroatoms. The highest BCUT2D eigenvalue weighted by molar-refractivity contribution is 7.99. The van der Waals surface area contributed by atoms with Gasteiger partial charge in [0.25, 0.3) is 0 Å². The molecule has 0 radical (unpaired) electrons. The van der Waals surface area contributed by atoms with Gasteiger partial charge in [-0.25, -0.2) is 0 Å². The number of aryl methyl sites for hydroxylation is 1. The number of halogens is 2. The van der Waals surface area contributed by atoms with E-state index in [-0.39, 0.29) is 5.25 Å². The Bertz CT molecular complexity index is 540. The van der Waals surface area contributed by atoms with Gasteiger partial charge in [0.2, 0.25) is 0 Å². The van der Waals surface area contributed by atoms with E-state index in [1.165, 1.54) is 9.75 Å². The van der Waals surface area contributed by atoms with Gasteiger partial charge in [-0.05, 0) is 37.3 Å². The minimum atomic E-state index is 0.222. The van der Waals surface area contributed by atoms with Gasteiger partial charge >= 0.3 is 0 Å². The second-order valence-corrected chi connectivity index (χ2v) is 7.27. The van der Waals surface area contributed by atoms with Gasteiger partial charge in [-0.3, -0.25) is 0 Å². The summed E-state index contributed by atoms with van der Waals surface area (Å²) in [6.07, 6.45) is 0. The van der Waals surface area contributed by atoms with Crippen LogP contribution >= 0.6 is 46.3 Å². The van der Waals surface area contributed by atoms with Crippen LogP contribution in [0.15, 0.2) is 35.2 Å². The summed E-state index contributed by atoms with van der Waals surface area (Å²) in [6, 6.07) is 9.74. The Kier molecular flexibility index (Phi) is 4.98. The number of hydrogen-bond donors (Lipinski definition) is 1. The summed E-state index contributed by atoms with van der Waals surface area (Å²) in [6.45, 7) is 2.67. The molecule has 0 saturated carbocycles. The predicted molar refractivity (Wildman–Crippen MR) is 83.2 cm³/mol. The molecule has 1 aromatic heterocycles. The summed E-state index contributed by atoms with van der Waals surface area (Å²) in [7, 11) is 0. The Morgan fingerprint density at radius 1 is 1.28 bits per heavy atom. The molecule has 1 nitrogen and oxygen atoms in total. The van der Waals surface area contributed by atoms with Crippen LogP contribution in [0.2, 0.25) is 10.0 Å². The van der Waals surface area contributed by atoms with Gasteiger partial charge in [-0.2, -0.15) is 0 Å². The maximum atomic E-state index is 6.17. The van der Waals surface area contributed by atoms with E-state index in [9.17, 15) is 0 Å². The fourth-order valence-electron chi connectivity index (χ4n) is 1.57. The molecule has 2 aromatic rings. The van der Waals surface area contributed by atoms with Crippen LogP contribution < -0.4 is 5.73 Å². The first kappa shape index (κ1) is 14.2. The summed E-state index contributed by atoms with van der Waals surface area (Å²) >= 11 is 15.6. The molecule has 0 aliphatic heterocycles.